The van der Waals surface area contributed by atoms with Crippen molar-refractivity contribution >= 4 is 11.6 Å². The van der Waals surface area contributed by atoms with E-state index in [0.29, 0.717) is 0 Å². The van der Waals surface area contributed by atoms with Crippen LogP contribution in [-0.2, 0) is 0 Å². The number of hydrogen-bond donors (Lipinski definition) is 1. The Morgan fingerprint density at radius 1 is 1.16 bits per heavy atom. The van der Waals surface area contributed by atoms with Crippen LogP contribution in [0.25, 0.3) is 0 Å². The lowest BCUT2D eigenvalue weighted by molar-refractivity contribution is 0.484. The molecule has 1 N–H and O–H groups in total. The van der Waals surface area contributed by atoms with Gasteiger partial charge >= 0.3 is 0 Å². The van der Waals surface area contributed by atoms with Gasteiger partial charge in [0.25, 0.3) is 0 Å². The Kier molecular flexibility index (Phi) is 4.51. The van der Waals surface area contributed by atoms with Crippen molar-refractivity contribution in [1.29, 1.82) is 0 Å². The Bertz CT molecular complexity index is 542. The number of nitrogens with zero attached hydrogens (tertiary/aromatic N) is 1. The van der Waals surface area contributed by atoms with Crippen LogP contribution in [0.15, 0.2) is 42.6 Å². The molecule has 2 aromatic rings. The van der Waals surface area contributed by atoms with E-state index in [4.69, 9.17) is 11.6 Å². The Morgan fingerprint density at radius 3 is 2.58 bits per heavy atom. The first-order valence-corrected chi connectivity index (χ1v) is 6.57. The number of halogens is 2. The molecule has 0 aliphatic heterocycles. The summed E-state index contributed by atoms with van der Waals surface area (Å²) in [4.78, 5) is 4.08. The highest BCUT2D eigenvalue weighted by Gasteiger charge is 2.12. The van der Waals surface area contributed by atoms with Gasteiger partial charge in [0.05, 0.1) is 11.9 Å². The smallest absolute Gasteiger partial charge is 0.141 e. The maximum Gasteiger partial charge on any atom is 0.141 e. The lowest BCUT2D eigenvalue weighted by Gasteiger charge is -2.20. The summed E-state index contributed by atoms with van der Waals surface area (Å²) in [5.74, 6) is -0.321. The van der Waals surface area contributed by atoms with Crippen LogP contribution in [0, 0.1) is 5.82 Å². The van der Waals surface area contributed by atoms with Gasteiger partial charge in [-0.25, -0.2) is 4.39 Å². The van der Waals surface area contributed by atoms with Crippen LogP contribution < -0.4 is 5.32 Å². The number of benzene rings is 1. The highest BCUT2D eigenvalue weighted by Crippen LogP contribution is 2.20. The Morgan fingerprint density at radius 2 is 1.95 bits per heavy atom. The van der Waals surface area contributed by atoms with Crippen LogP contribution in [0.1, 0.15) is 37.2 Å². The van der Waals surface area contributed by atoms with E-state index in [-0.39, 0.29) is 17.9 Å². The molecule has 1 aromatic carbocycles. The molecule has 0 bridgehead atoms. The highest BCUT2D eigenvalue weighted by atomic mass is 35.5. The fourth-order valence-corrected chi connectivity index (χ4v) is 2.17. The number of aromatic nitrogens is 1. The molecule has 0 saturated heterocycles. The summed E-state index contributed by atoms with van der Waals surface area (Å²) in [6, 6.07) is 11.0. The summed E-state index contributed by atoms with van der Waals surface area (Å²) in [5, 5.41) is 4.14. The van der Waals surface area contributed by atoms with Gasteiger partial charge in [0.2, 0.25) is 0 Å². The number of nitrogens with one attached hydrogen (secondary N) is 1. The Balaban J connectivity index is 2.06. The van der Waals surface area contributed by atoms with Crippen molar-refractivity contribution < 1.29 is 4.39 Å². The monoisotopic (exact) mass is 278 g/mol. The molecule has 4 heteroatoms. The predicted octanol–water partition coefficient (Wildman–Crippen LogP) is 4.29. The summed E-state index contributed by atoms with van der Waals surface area (Å²) < 4.78 is 12.8. The summed E-state index contributed by atoms with van der Waals surface area (Å²) in [6.07, 6.45) is 1.23. The van der Waals surface area contributed by atoms with Gasteiger partial charge in [-0.1, -0.05) is 23.7 Å². The molecule has 0 aliphatic rings. The van der Waals surface area contributed by atoms with E-state index in [9.17, 15) is 4.39 Å². The van der Waals surface area contributed by atoms with Crippen molar-refractivity contribution in [3.8, 4) is 0 Å². The molecule has 100 valence electrons. The van der Waals surface area contributed by atoms with Gasteiger partial charge in [-0.3, -0.25) is 4.98 Å². The SMILES string of the molecule is CC(NC(C)c1ccc(F)cn1)c1cccc(Cl)c1. The molecule has 19 heavy (non-hydrogen) atoms. The van der Waals surface area contributed by atoms with E-state index in [1.165, 1.54) is 12.3 Å². The number of pyridine rings is 1. The van der Waals surface area contributed by atoms with Crippen LogP contribution in [-0.4, -0.2) is 4.98 Å². The minimum absolute atomic E-state index is 0.0366. The molecular weight excluding hydrogens is 263 g/mol. The first kappa shape index (κ1) is 14.0. The van der Waals surface area contributed by atoms with Gasteiger partial charge in [-0.05, 0) is 43.7 Å². The maximum absolute atomic E-state index is 12.8. The summed E-state index contributed by atoms with van der Waals surface area (Å²) >= 11 is 5.98. The highest BCUT2D eigenvalue weighted by molar-refractivity contribution is 6.30. The third kappa shape index (κ3) is 3.75. The van der Waals surface area contributed by atoms with E-state index >= 15 is 0 Å². The second kappa shape index (κ2) is 6.13. The molecule has 2 rings (SSSR count). The van der Waals surface area contributed by atoms with Crippen LogP contribution >= 0.6 is 11.6 Å². The zero-order valence-corrected chi connectivity index (χ0v) is 11.7. The second-order valence-electron chi connectivity index (χ2n) is 4.57. The molecule has 2 nitrogen and oxygen atoms in total. The molecule has 0 amide bonds. The molecule has 0 fully saturated rings. The standard InChI is InChI=1S/C15H16ClFN2/c1-10(12-4-3-5-13(16)8-12)19-11(2)15-7-6-14(17)9-18-15/h3-11,19H,1-2H3. The zero-order valence-electron chi connectivity index (χ0n) is 10.9. The first-order valence-electron chi connectivity index (χ1n) is 6.19. The van der Waals surface area contributed by atoms with Crippen molar-refractivity contribution in [3.05, 3.63) is 64.7 Å². The second-order valence-corrected chi connectivity index (χ2v) is 5.00. The van der Waals surface area contributed by atoms with E-state index in [2.05, 4.69) is 17.2 Å². The van der Waals surface area contributed by atoms with Crippen LogP contribution in [0.5, 0.6) is 0 Å². The quantitative estimate of drug-likeness (QED) is 0.903. The van der Waals surface area contributed by atoms with E-state index in [1.807, 2.05) is 31.2 Å². The molecule has 2 unspecified atom stereocenters. The normalized spacial score (nSPS) is 14.1. The van der Waals surface area contributed by atoms with E-state index in [1.54, 1.807) is 6.07 Å². The summed E-state index contributed by atoms with van der Waals surface area (Å²) in [6.45, 7) is 4.06. The van der Waals surface area contributed by atoms with Crippen molar-refractivity contribution in [2.45, 2.75) is 25.9 Å². The average molecular weight is 279 g/mol. The maximum atomic E-state index is 12.8. The molecule has 0 spiro atoms. The van der Waals surface area contributed by atoms with Gasteiger partial charge in [0, 0.05) is 17.1 Å². The van der Waals surface area contributed by atoms with Gasteiger partial charge in [-0.2, -0.15) is 0 Å². The average Bonchev–Trinajstić information content (AvgIpc) is 2.39. The largest absolute Gasteiger partial charge is 0.302 e. The topological polar surface area (TPSA) is 24.9 Å². The van der Waals surface area contributed by atoms with Gasteiger partial charge in [0.1, 0.15) is 5.82 Å². The van der Waals surface area contributed by atoms with E-state index < -0.39 is 0 Å². The van der Waals surface area contributed by atoms with Gasteiger partial charge < -0.3 is 5.32 Å². The summed E-state index contributed by atoms with van der Waals surface area (Å²) in [7, 11) is 0. The molecular formula is C15H16ClFN2. The van der Waals surface area contributed by atoms with Crippen molar-refractivity contribution in [2.75, 3.05) is 0 Å². The fourth-order valence-electron chi connectivity index (χ4n) is 1.98. The summed E-state index contributed by atoms with van der Waals surface area (Å²) in [5.41, 5.74) is 1.93. The lowest BCUT2D eigenvalue weighted by Crippen LogP contribution is -2.23. The number of hydrogen-bond acceptors (Lipinski definition) is 2. The molecule has 2 atom stereocenters. The molecule has 0 aliphatic carbocycles. The molecule has 1 aromatic heterocycles. The number of rotatable bonds is 4. The molecule has 0 saturated carbocycles. The van der Waals surface area contributed by atoms with E-state index in [0.717, 1.165) is 16.3 Å². The van der Waals surface area contributed by atoms with Crippen molar-refractivity contribution in [1.82, 2.24) is 10.3 Å². The van der Waals surface area contributed by atoms with Crippen LogP contribution in [0.2, 0.25) is 5.02 Å². The minimum Gasteiger partial charge on any atom is -0.302 e. The molecule has 0 radical (unpaired) electrons. The Hall–Kier alpha value is -1.45. The van der Waals surface area contributed by atoms with Crippen molar-refractivity contribution in [3.63, 3.8) is 0 Å². The van der Waals surface area contributed by atoms with Crippen LogP contribution in [0.4, 0.5) is 4.39 Å². The Labute approximate surface area is 117 Å². The van der Waals surface area contributed by atoms with Gasteiger partial charge in [0.15, 0.2) is 0 Å². The zero-order chi connectivity index (χ0) is 13.8. The fraction of sp³-hybridized carbons (Fsp3) is 0.267. The minimum atomic E-state index is -0.321. The predicted molar refractivity (Wildman–Crippen MR) is 75.6 cm³/mol. The van der Waals surface area contributed by atoms with Crippen molar-refractivity contribution in [2.24, 2.45) is 0 Å². The first-order chi connectivity index (χ1) is 9.06. The van der Waals surface area contributed by atoms with Gasteiger partial charge in [-0.15, -0.1) is 0 Å². The third-order valence-electron chi connectivity index (χ3n) is 3.04. The third-order valence-corrected chi connectivity index (χ3v) is 3.28. The molecule has 1 heterocycles. The van der Waals surface area contributed by atoms with Crippen LogP contribution in [0.3, 0.4) is 0 Å². The lowest BCUT2D eigenvalue weighted by atomic mass is 10.1.